The molecule has 0 saturated heterocycles. The zero-order valence-electron chi connectivity index (χ0n) is 14.6. The third-order valence-corrected chi connectivity index (χ3v) is 5.63. The van der Waals surface area contributed by atoms with Gasteiger partial charge in [-0.25, -0.2) is 4.79 Å². The fraction of sp³-hybridized carbons (Fsp3) is 0.471. The Kier molecular flexibility index (Phi) is 6.21. The second kappa shape index (κ2) is 7.97. The smallest absolute Gasteiger partial charge is 0.338 e. The highest BCUT2D eigenvalue weighted by Crippen LogP contribution is 2.52. The molecule has 6 nitrogen and oxygen atoms in total. The molecule has 0 spiro atoms. The predicted octanol–water partition coefficient (Wildman–Crippen LogP) is 4.12. The lowest BCUT2D eigenvalue weighted by Crippen LogP contribution is -2.04. The second-order valence-corrected chi connectivity index (χ2v) is 7.38. The van der Waals surface area contributed by atoms with E-state index in [-0.39, 0.29) is 12.1 Å². The van der Waals surface area contributed by atoms with Crippen LogP contribution >= 0.6 is 7.60 Å². The fourth-order valence-corrected chi connectivity index (χ4v) is 4.38. The van der Waals surface area contributed by atoms with Crippen molar-refractivity contribution in [1.82, 2.24) is 4.57 Å². The molecule has 0 radical (unpaired) electrons. The number of hydrogen-bond acceptors (Lipinski definition) is 5. The number of aromatic nitrogens is 1. The molecule has 7 heteroatoms. The summed E-state index contributed by atoms with van der Waals surface area (Å²) in [5.74, 6) is -0.369. The van der Waals surface area contributed by atoms with E-state index in [1.807, 2.05) is 23.9 Å². The maximum Gasteiger partial charge on any atom is 0.338 e. The van der Waals surface area contributed by atoms with Crippen LogP contribution < -0.4 is 0 Å². The minimum absolute atomic E-state index is 0.165. The molecule has 1 heterocycles. The zero-order chi connectivity index (χ0) is 17.7. The highest BCUT2D eigenvalue weighted by molar-refractivity contribution is 7.53. The van der Waals surface area contributed by atoms with E-state index in [4.69, 9.17) is 13.8 Å². The molecule has 0 aliphatic carbocycles. The van der Waals surface area contributed by atoms with Crippen LogP contribution in [0.25, 0.3) is 10.9 Å². The van der Waals surface area contributed by atoms with Crippen molar-refractivity contribution in [2.24, 2.45) is 7.05 Å². The van der Waals surface area contributed by atoms with Gasteiger partial charge in [-0.15, -0.1) is 0 Å². The van der Waals surface area contributed by atoms with Crippen LogP contribution in [-0.2, 0) is 31.6 Å². The van der Waals surface area contributed by atoms with Crippen molar-refractivity contribution in [3.8, 4) is 0 Å². The summed E-state index contributed by atoms with van der Waals surface area (Å²) in [7, 11) is -1.31. The Balaban J connectivity index is 2.44. The van der Waals surface area contributed by atoms with Gasteiger partial charge in [-0.3, -0.25) is 4.57 Å². The highest BCUT2D eigenvalue weighted by Gasteiger charge is 2.26. The molecular formula is C17H24NO5P. The molecule has 0 atom stereocenters. The Morgan fingerprint density at radius 1 is 1.12 bits per heavy atom. The van der Waals surface area contributed by atoms with E-state index in [1.54, 1.807) is 32.9 Å². The van der Waals surface area contributed by atoms with Gasteiger partial charge in [0.1, 0.15) is 0 Å². The second-order valence-electron chi connectivity index (χ2n) is 5.32. The molecular weight excluding hydrogens is 329 g/mol. The maximum atomic E-state index is 12.8. The van der Waals surface area contributed by atoms with E-state index in [9.17, 15) is 9.36 Å². The van der Waals surface area contributed by atoms with Crippen LogP contribution in [0, 0.1) is 0 Å². The predicted molar refractivity (Wildman–Crippen MR) is 93.4 cm³/mol. The van der Waals surface area contributed by atoms with Crippen molar-refractivity contribution >= 4 is 24.5 Å². The summed E-state index contributed by atoms with van der Waals surface area (Å²) in [6.07, 6.45) is 2.06. The molecule has 0 aliphatic rings. The first kappa shape index (κ1) is 18.7. The van der Waals surface area contributed by atoms with Crippen LogP contribution in [-0.4, -0.2) is 30.4 Å². The van der Waals surface area contributed by atoms with Crippen molar-refractivity contribution in [1.29, 1.82) is 0 Å². The van der Waals surface area contributed by atoms with Gasteiger partial charge in [-0.1, -0.05) is 0 Å². The summed E-state index contributed by atoms with van der Waals surface area (Å²) >= 11 is 0. The molecule has 0 N–H and O–H groups in total. The SMILES string of the molecule is CCOC(=O)c1ccc2c(c1)c(CP(=O)(OCC)OCC)cn2C. The van der Waals surface area contributed by atoms with Gasteiger partial charge in [0.15, 0.2) is 0 Å². The van der Waals surface area contributed by atoms with Crippen LogP contribution in [0.4, 0.5) is 0 Å². The van der Waals surface area contributed by atoms with Crippen molar-refractivity contribution in [2.45, 2.75) is 26.9 Å². The van der Waals surface area contributed by atoms with Crippen LogP contribution in [0.2, 0.25) is 0 Å². The number of carbonyl (C=O) groups is 1. The monoisotopic (exact) mass is 353 g/mol. The number of rotatable bonds is 8. The number of nitrogens with zero attached hydrogens (tertiary/aromatic N) is 1. The molecule has 24 heavy (non-hydrogen) atoms. The van der Waals surface area contributed by atoms with Crippen molar-refractivity contribution in [2.75, 3.05) is 19.8 Å². The molecule has 132 valence electrons. The van der Waals surface area contributed by atoms with Gasteiger partial charge >= 0.3 is 13.6 Å². The number of esters is 1. The van der Waals surface area contributed by atoms with Gasteiger partial charge in [0.2, 0.25) is 0 Å². The van der Waals surface area contributed by atoms with E-state index >= 15 is 0 Å². The fourth-order valence-electron chi connectivity index (χ4n) is 2.67. The molecule has 0 amide bonds. The molecule has 1 aromatic carbocycles. The third-order valence-electron chi connectivity index (χ3n) is 3.60. The molecule has 0 fully saturated rings. The summed E-state index contributed by atoms with van der Waals surface area (Å²) in [5, 5.41) is 0.850. The summed E-state index contributed by atoms with van der Waals surface area (Å²) in [5.41, 5.74) is 2.24. The van der Waals surface area contributed by atoms with Gasteiger partial charge < -0.3 is 18.4 Å². The van der Waals surface area contributed by atoms with Gasteiger partial charge in [0.25, 0.3) is 0 Å². The topological polar surface area (TPSA) is 66.8 Å². The lowest BCUT2D eigenvalue weighted by molar-refractivity contribution is 0.0526. The molecule has 0 bridgehead atoms. The number of carbonyl (C=O) groups excluding carboxylic acids is 1. The standard InChI is InChI=1S/C17H24NO5P/c1-5-21-17(19)13-8-9-16-15(10-13)14(11-18(16)4)12-24(20,22-6-2)23-7-3/h8-11H,5-7,12H2,1-4H3. The zero-order valence-corrected chi connectivity index (χ0v) is 15.5. The van der Waals surface area contributed by atoms with Gasteiger partial charge in [0.05, 0.1) is 31.5 Å². The number of aryl methyl sites for hydroxylation is 1. The minimum Gasteiger partial charge on any atom is -0.462 e. The Hall–Kier alpha value is -1.62. The average molecular weight is 353 g/mol. The van der Waals surface area contributed by atoms with Crippen LogP contribution in [0.15, 0.2) is 24.4 Å². The minimum atomic E-state index is -3.21. The van der Waals surface area contributed by atoms with E-state index in [0.717, 1.165) is 16.5 Å². The number of ether oxygens (including phenoxy) is 1. The first-order valence-corrected chi connectivity index (χ1v) is 9.80. The Morgan fingerprint density at radius 2 is 1.79 bits per heavy atom. The average Bonchev–Trinajstić information content (AvgIpc) is 2.83. The first-order chi connectivity index (χ1) is 11.4. The van der Waals surface area contributed by atoms with Crippen LogP contribution in [0.3, 0.4) is 0 Å². The van der Waals surface area contributed by atoms with Crippen LogP contribution in [0.1, 0.15) is 36.7 Å². The molecule has 0 aliphatic heterocycles. The quantitative estimate of drug-likeness (QED) is 0.527. The summed E-state index contributed by atoms with van der Waals surface area (Å²) in [4.78, 5) is 12.0. The van der Waals surface area contributed by atoms with Crippen molar-refractivity contribution < 1.29 is 23.1 Å². The van der Waals surface area contributed by atoms with E-state index in [0.29, 0.717) is 25.4 Å². The van der Waals surface area contributed by atoms with E-state index in [1.165, 1.54) is 0 Å². The molecule has 0 unspecified atom stereocenters. The first-order valence-electron chi connectivity index (χ1n) is 8.07. The molecule has 2 aromatic rings. The number of benzene rings is 1. The Labute approximate surface area is 142 Å². The lowest BCUT2D eigenvalue weighted by atomic mass is 10.1. The molecule has 2 rings (SSSR count). The van der Waals surface area contributed by atoms with Crippen molar-refractivity contribution in [3.05, 3.63) is 35.5 Å². The highest BCUT2D eigenvalue weighted by atomic mass is 31.2. The Morgan fingerprint density at radius 3 is 2.38 bits per heavy atom. The van der Waals surface area contributed by atoms with Gasteiger partial charge in [-0.05, 0) is 44.5 Å². The third kappa shape index (κ3) is 4.07. The summed E-state index contributed by atoms with van der Waals surface area (Å²) in [6.45, 7) is 6.29. The Bertz CT molecular complexity index is 758. The summed E-state index contributed by atoms with van der Waals surface area (Å²) < 4.78 is 30.6. The van der Waals surface area contributed by atoms with E-state index < -0.39 is 7.60 Å². The lowest BCUT2D eigenvalue weighted by Gasteiger charge is -2.16. The molecule has 1 aromatic heterocycles. The normalized spacial score (nSPS) is 11.8. The van der Waals surface area contributed by atoms with Crippen molar-refractivity contribution in [3.63, 3.8) is 0 Å². The molecule has 0 saturated carbocycles. The largest absolute Gasteiger partial charge is 0.462 e. The van der Waals surface area contributed by atoms with Crippen LogP contribution in [0.5, 0.6) is 0 Å². The van der Waals surface area contributed by atoms with Gasteiger partial charge in [0, 0.05) is 24.1 Å². The summed E-state index contributed by atoms with van der Waals surface area (Å²) in [6, 6.07) is 5.36. The van der Waals surface area contributed by atoms with E-state index in [2.05, 4.69) is 0 Å². The maximum absolute atomic E-state index is 12.8. The number of hydrogen-bond donors (Lipinski definition) is 0. The number of fused-ring (bicyclic) bond motifs is 1. The van der Waals surface area contributed by atoms with Gasteiger partial charge in [-0.2, -0.15) is 0 Å².